The highest BCUT2D eigenvalue weighted by molar-refractivity contribution is 5.42. The first kappa shape index (κ1) is 11.2. The fraction of sp³-hybridized carbons (Fsp3) is 0.500. The van der Waals surface area contributed by atoms with Gasteiger partial charge in [0.1, 0.15) is 5.82 Å². The van der Waals surface area contributed by atoms with Gasteiger partial charge in [-0.2, -0.15) is 9.61 Å². The Morgan fingerprint density at radius 2 is 2.50 bits per heavy atom. The summed E-state index contributed by atoms with van der Waals surface area (Å²) in [5, 5.41) is 16.7. The van der Waals surface area contributed by atoms with Crippen LogP contribution in [-0.4, -0.2) is 52.2 Å². The van der Waals surface area contributed by atoms with E-state index < -0.39 is 0 Å². The van der Waals surface area contributed by atoms with Crippen molar-refractivity contribution in [2.24, 2.45) is 0 Å². The number of hydrogen-bond acceptors (Lipinski definition) is 6. The highest BCUT2D eigenvalue weighted by Crippen LogP contribution is 2.04. The van der Waals surface area contributed by atoms with Crippen molar-refractivity contribution in [1.29, 1.82) is 0 Å². The summed E-state index contributed by atoms with van der Waals surface area (Å²) in [5.74, 6) is 0.625. The molecule has 8 heteroatoms. The van der Waals surface area contributed by atoms with E-state index in [4.69, 9.17) is 4.74 Å². The summed E-state index contributed by atoms with van der Waals surface area (Å²) in [4.78, 5) is 11.4. The molecule has 96 valence electrons. The van der Waals surface area contributed by atoms with Gasteiger partial charge in [-0.1, -0.05) is 0 Å². The van der Waals surface area contributed by atoms with Crippen LogP contribution in [-0.2, 0) is 4.74 Å². The third-order valence-electron chi connectivity index (χ3n) is 2.79. The van der Waals surface area contributed by atoms with E-state index >= 15 is 0 Å². The minimum Gasteiger partial charge on any atom is -0.374 e. The SMILES string of the molecule is O=c1[nH]nc2ccc(NCC3CNCCO3)nn12. The van der Waals surface area contributed by atoms with Gasteiger partial charge in [-0.15, -0.1) is 5.10 Å². The summed E-state index contributed by atoms with van der Waals surface area (Å²) < 4.78 is 6.78. The second-order valence-electron chi connectivity index (χ2n) is 4.10. The number of fused-ring (bicyclic) bond motifs is 1. The van der Waals surface area contributed by atoms with Crippen molar-refractivity contribution in [3.8, 4) is 0 Å². The number of nitrogens with one attached hydrogen (secondary N) is 3. The molecule has 8 nitrogen and oxygen atoms in total. The molecule has 0 spiro atoms. The van der Waals surface area contributed by atoms with Crippen LogP contribution in [0, 0.1) is 0 Å². The molecule has 1 fully saturated rings. The monoisotopic (exact) mass is 250 g/mol. The molecule has 1 atom stereocenters. The maximum Gasteiger partial charge on any atom is 0.364 e. The molecular formula is C10H14N6O2. The topological polar surface area (TPSA) is 96.3 Å². The van der Waals surface area contributed by atoms with E-state index in [1.54, 1.807) is 12.1 Å². The zero-order valence-electron chi connectivity index (χ0n) is 9.72. The molecule has 1 saturated heterocycles. The molecule has 0 aromatic carbocycles. The third-order valence-corrected chi connectivity index (χ3v) is 2.79. The number of morpholine rings is 1. The van der Waals surface area contributed by atoms with Crippen molar-refractivity contribution in [1.82, 2.24) is 25.1 Å². The summed E-state index contributed by atoms with van der Waals surface area (Å²) in [6.07, 6.45) is 0.123. The molecule has 1 aliphatic heterocycles. The second-order valence-corrected chi connectivity index (χ2v) is 4.10. The van der Waals surface area contributed by atoms with Crippen molar-refractivity contribution in [2.75, 3.05) is 31.6 Å². The van der Waals surface area contributed by atoms with Crippen molar-refractivity contribution in [2.45, 2.75) is 6.10 Å². The number of hydrogen-bond donors (Lipinski definition) is 3. The summed E-state index contributed by atoms with van der Waals surface area (Å²) in [5.41, 5.74) is 0.158. The first-order valence-electron chi connectivity index (χ1n) is 5.83. The molecule has 1 aliphatic rings. The van der Waals surface area contributed by atoms with Crippen LogP contribution in [0.15, 0.2) is 16.9 Å². The van der Waals surface area contributed by atoms with Gasteiger partial charge in [0.25, 0.3) is 0 Å². The number of rotatable bonds is 3. The molecule has 3 N–H and O–H groups in total. The molecule has 0 radical (unpaired) electrons. The Morgan fingerprint density at radius 3 is 3.33 bits per heavy atom. The fourth-order valence-electron chi connectivity index (χ4n) is 1.87. The van der Waals surface area contributed by atoms with E-state index in [2.05, 4.69) is 25.9 Å². The summed E-state index contributed by atoms with van der Waals surface area (Å²) in [6.45, 7) is 3.09. The number of aromatic amines is 1. The number of aromatic nitrogens is 4. The van der Waals surface area contributed by atoms with E-state index in [9.17, 15) is 4.79 Å². The minimum absolute atomic E-state index is 0.123. The number of H-pyrrole nitrogens is 1. The smallest absolute Gasteiger partial charge is 0.364 e. The summed E-state index contributed by atoms with van der Waals surface area (Å²) in [7, 11) is 0. The quantitative estimate of drug-likeness (QED) is 0.634. The van der Waals surface area contributed by atoms with E-state index in [0.29, 0.717) is 18.0 Å². The van der Waals surface area contributed by atoms with Gasteiger partial charge in [-0.25, -0.2) is 9.89 Å². The summed E-state index contributed by atoms with van der Waals surface area (Å²) >= 11 is 0. The van der Waals surface area contributed by atoms with E-state index in [1.165, 1.54) is 4.52 Å². The first-order chi connectivity index (χ1) is 8.83. The van der Waals surface area contributed by atoms with Crippen LogP contribution < -0.4 is 16.3 Å². The molecule has 2 aromatic heterocycles. The van der Waals surface area contributed by atoms with Crippen molar-refractivity contribution >= 4 is 11.5 Å². The Labute approximate surface area is 102 Å². The number of nitrogens with zero attached hydrogens (tertiary/aromatic N) is 3. The molecule has 0 aliphatic carbocycles. The van der Waals surface area contributed by atoms with Crippen molar-refractivity contribution < 1.29 is 4.74 Å². The Bertz CT molecular complexity index is 585. The third kappa shape index (κ3) is 2.20. The number of anilines is 1. The molecule has 3 rings (SSSR count). The van der Waals surface area contributed by atoms with Crippen LogP contribution in [0.25, 0.3) is 5.65 Å². The van der Waals surface area contributed by atoms with Crippen LogP contribution in [0.3, 0.4) is 0 Å². The molecule has 1 unspecified atom stereocenters. The zero-order chi connectivity index (χ0) is 12.4. The van der Waals surface area contributed by atoms with Gasteiger partial charge in [-0.05, 0) is 12.1 Å². The van der Waals surface area contributed by atoms with Gasteiger partial charge in [-0.3, -0.25) is 0 Å². The Balaban J connectivity index is 1.70. The lowest BCUT2D eigenvalue weighted by atomic mass is 10.3. The molecule has 0 amide bonds. The maximum absolute atomic E-state index is 11.4. The predicted octanol–water partition coefficient (Wildman–Crippen LogP) is -1.18. The normalized spacial score (nSPS) is 20.1. The van der Waals surface area contributed by atoms with Crippen LogP contribution in [0.5, 0.6) is 0 Å². The van der Waals surface area contributed by atoms with Crippen molar-refractivity contribution in [3.63, 3.8) is 0 Å². The van der Waals surface area contributed by atoms with Crippen LogP contribution in [0.4, 0.5) is 5.82 Å². The average Bonchev–Trinajstić information content (AvgIpc) is 2.79. The predicted molar refractivity (Wildman–Crippen MR) is 64.7 cm³/mol. The molecule has 2 aromatic rings. The minimum atomic E-state index is -0.343. The number of ether oxygens (including phenoxy) is 1. The van der Waals surface area contributed by atoms with Gasteiger partial charge in [0.2, 0.25) is 0 Å². The lowest BCUT2D eigenvalue weighted by Crippen LogP contribution is -2.42. The average molecular weight is 250 g/mol. The van der Waals surface area contributed by atoms with Crippen molar-refractivity contribution in [3.05, 3.63) is 22.6 Å². The van der Waals surface area contributed by atoms with Crippen LogP contribution in [0.2, 0.25) is 0 Å². The summed E-state index contributed by atoms with van der Waals surface area (Å²) in [6, 6.07) is 3.51. The lowest BCUT2D eigenvalue weighted by Gasteiger charge is -2.23. The Morgan fingerprint density at radius 1 is 1.56 bits per heavy atom. The molecule has 0 saturated carbocycles. The van der Waals surface area contributed by atoms with Gasteiger partial charge in [0.05, 0.1) is 12.7 Å². The highest BCUT2D eigenvalue weighted by atomic mass is 16.5. The van der Waals surface area contributed by atoms with Gasteiger partial charge in [0.15, 0.2) is 5.65 Å². The first-order valence-corrected chi connectivity index (χ1v) is 5.83. The molecular weight excluding hydrogens is 236 g/mol. The van der Waals surface area contributed by atoms with Crippen LogP contribution >= 0.6 is 0 Å². The highest BCUT2D eigenvalue weighted by Gasteiger charge is 2.13. The van der Waals surface area contributed by atoms with E-state index in [0.717, 1.165) is 19.7 Å². The van der Waals surface area contributed by atoms with Gasteiger partial charge < -0.3 is 15.4 Å². The molecule has 18 heavy (non-hydrogen) atoms. The van der Waals surface area contributed by atoms with E-state index in [1.807, 2.05) is 0 Å². The zero-order valence-corrected chi connectivity index (χ0v) is 9.72. The van der Waals surface area contributed by atoms with Gasteiger partial charge >= 0.3 is 5.69 Å². The Hall–Kier alpha value is -1.93. The molecule has 3 heterocycles. The Kier molecular flexibility index (Phi) is 2.95. The van der Waals surface area contributed by atoms with Gasteiger partial charge in [0, 0.05) is 19.6 Å². The largest absolute Gasteiger partial charge is 0.374 e. The molecule has 0 bridgehead atoms. The maximum atomic E-state index is 11.4. The lowest BCUT2D eigenvalue weighted by molar-refractivity contribution is 0.0372. The second kappa shape index (κ2) is 4.75. The fourth-order valence-corrected chi connectivity index (χ4v) is 1.87. The standard InChI is InChI=1S/C10H14N6O2/c17-10-14-13-9-2-1-8(15-16(9)10)12-6-7-5-11-3-4-18-7/h1-2,7,11H,3-6H2,(H,12,15)(H,14,17). The van der Waals surface area contributed by atoms with Crippen LogP contribution in [0.1, 0.15) is 0 Å². The van der Waals surface area contributed by atoms with E-state index in [-0.39, 0.29) is 11.8 Å².